The van der Waals surface area contributed by atoms with E-state index in [1.54, 1.807) is 0 Å². The molecule has 0 fully saturated rings. The average Bonchev–Trinajstić information content (AvgIpc) is 1.69. The van der Waals surface area contributed by atoms with E-state index in [4.69, 9.17) is 5.11 Å². The van der Waals surface area contributed by atoms with Crippen LogP contribution in [0.2, 0.25) is 0 Å². The molecule has 0 radical (unpaired) electrons. The second-order valence-electron chi connectivity index (χ2n) is 0.760. The molecule has 42 valence electrons. The normalized spacial score (nSPS) is 4.62. The average molecular weight is 123 g/mol. The molecule has 0 atom stereocenters. The van der Waals surface area contributed by atoms with Crippen LogP contribution in [-0.2, 0) is 0 Å². The molecule has 0 aromatic rings. The number of hydrogen-bond donors (Lipinski definition) is 1. The summed E-state index contributed by atoms with van der Waals surface area (Å²) in [7, 11) is 0. The molecule has 0 aliphatic carbocycles. The Morgan fingerprint density at radius 2 is 1.62 bits per heavy atom. The Kier molecular flexibility index (Phi) is 54.2. The van der Waals surface area contributed by atoms with Crippen molar-refractivity contribution in [2.75, 3.05) is 6.61 Å². The molecule has 0 saturated heterocycles. The van der Waals surface area contributed by atoms with E-state index in [1.165, 1.54) is 12.2 Å². The zero-order valence-electron chi connectivity index (χ0n) is 5.14. The van der Waals surface area contributed by atoms with Gasteiger partial charge in [-0.1, -0.05) is 6.08 Å². The Morgan fingerprint density at radius 1 is 1.50 bits per heavy atom. The SMILES string of the molecule is C=CCO.C=C[CH2-].[Mg+2]. The Morgan fingerprint density at radius 3 is 1.62 bits per heavy atom. The Hall–Kier alpha value is 0.0762. The van der Waals surface area contributed by atoms with Crippen LogP contribution in [0.1, 0.15) is 0 Å². The van der Waals surface area contributed by atoms with Crippen LogP contribution in [0.5, 0.6) is 0 Å². The maximum Gasteiger partial charge on any atom is 2.00 e. The van der Waals surface area contributed by atoms with Gasteiger partial charge < -0.3 is 5.11 Å². The summed E-state index contributed by atoms with van der Waals surface area (Å²) in [5.74, 6) is 0. The molecule has 0 aromatic carbocycles. The zero-order chi connectivity index (χ0) is 6.12. The zero-order valence-corrected chi connectivity index (χ0v) is 6.55. The van der Waals surface area contributed by atoms with Gasteiger partial charge in [0.05, 0.1) is 6.61 Å². The Balaban J connectivity index is -0.0000000575. The van der Waals surface area contributed by atoms with Gasteiger partial charge in [-0.2, -0.15) is 0 Å². The monoisotopic (exact) mass is 123 g/mol. The molecule has 1 nitrogen and oxygen atoms in total. The van der Waals surface area contributed by atoms with E-state index in [2.05, 4.69) is 20.1 Å². The van der Waals surface area contributed by atoms with Crippen molar-refractivity contribution < 1.29 is 5.11 Å². The summed E-state index contributed by atoms with van der Waals surface area (Å²) in [6, 6.07) is 0. The molecular formula is C6H11MgO+. The summed E-state index contributed by atoms with van der Waals surface area (Å²) in [6.45, 7) is 9.81. The van der Waals surface area contributed by atoms with Crippen LogP contribution in [-0.4, -0.2) is 34.8 Å². The third-order valence-electron chi connectivity index (χ3n) is 0.129. The van der Waals surface area contributed by atoms with Gasteiger partial charge in [-0.05, 0) is 0 Å². The summed E-state index contributed by atoms with van der Waals surface area (Å²) < 4.78 is 0. The quantitative estimate of drug-likeness (QED) is 0.311. The van der Waals surface area contributed by atoms with E-state index in [-0.39, 0.29) is 29.7 Å². The van der Waals surface area contributed by atoms with Crippen LogP contribution in [0.3, 0.4) is 0 Å². The molecule has 0 amide bonds. The minimum atomic E-state index is 0. The molecule has 0 bridgehead atoms. The van der Waals surface area contributed by atoms with Crippen LogP contribution >= 0.6 is 0 Å². The second-order valence-corrected chi connectivity index (χ2v) is 0.760. The van der Waals surface area contributed by atoms with Crippen LogP contribution in [0.4, 0.5) is 0 Å². The van der Waals surface area contributed by atoms with Crippen molar-refractivity contribution in [3.05, 3.63) is 32.2 Å². The van der Waals surface area contributed by atoms with Crippen molar-refractivity contribution in [1.82, 2.24) is 0 Å². The van der Waals surface area contributed by atoms with Gasteiger partial charge in [-0.15, -0.1) is 6.58 Å². The molecule has 0 saturated carbocycles. The summed E-state index contributed by atoms with van der Waals surface area (Å²) >= 11 is 0. The number of allylic oxidation sites excluding steroid dienone is 1. The topological polar surface area (TPSA) is 20.2 Å². The van der Waals surface area contributed by atoms with Gasteiger partial charge in [0, 0.05) is 0 Å². The molecule has 0 aromatic heterocycles. The number of hydrogen-bond acceptors (Lipinski definition) is 1. The molecule has 0 spiro atoms. The smallest absolute Gasteiger partial charge is 0.392 e. The van der Waals surface area contributed by atoms with E-state index >= 15 is 0 Å². The number of aliphatic hydroxyl groups excluding tert-OH is 1. The molecule has 0 unspecified atom stereocenters. The number of rotatable bonds is 1. The fraction of sp³-hybridized carbons (Fsp3) is 0.167. The third-order valence-corrected chi connectivity index (χ3v) is 0.129. The largest absolute Gasteiger partial charge is 2.00 e. The van der Waals surface area contributed by atoms with Crippen LogP contribution in [0.15, 0.2) is 25.3 Å². The van der Waals surface area contributed by atoms with Gasteiger partial charge in [-0.25, -0.2) is 19.6 Å². The molecule has 0 rings (SSSR count). The van der Waals surface area contributed by atoms with E-state index in [0.29, 0.717) is 0 Å². The van der Waals surface area contributed by atoms with E-state index in [0.717, 1.165) is 0 Å². The first kappa shape index (κ1) is 15.7. The van der Waals surface area contributed by atoms with Crippen LogP contribution in [0, 0.1) is 6.92 Å². The predicted molar refractivity (Wildman–Crippen MR) is 38.6 cm³/mol. The Labute approximate surface area is 67.3 Å². The molecule has 2 heteroatoms. The fourth-order valence-corrected chi connectivity index (χ4v) is 0. The van der Waals surface area contributed by atoms with E-state index in [9.17, 15) is 0 Å². The maximum atomic E-state index is 7.76. The molecule has 1 N–H and O–H groups in total. The van der Waals surface area contributed by atoms with E-state index < -0.39 is 0 Å². The minimum Gasteiger partial charge on any atom is -0.392 e. The first-order valence-electron chi connectivity index (χ1n) is 1.95. The van der Waals surface area contributed by atoms with E-state index in [1.807, 2.05) is 0 Å². The first-order chi connectivity index (χ1) is 3.33. The van der Waals surface area contributed by atoms with Crippen LogP contribution in [0.25, 0.3) is 0 Å². The van der Waals surface area contributed by atoms with Gasteiger partial charge in [0.2, 0.25) is 0 Å². The summed E-state index contributed by atoms with van der Waals surface area (Å²) in [6.07, 6.45) is 2.93. The van der Waals surface area contributed by atoms with Crippen LogP contribution < -0.4 is 0 Å². The van der Waals surface area contributed by atoms with Crippen molar-refractivity contribution in [3.63, 3.8) is 0 Å². The second kappa shape index (κ2) is 27.6. The molecule has 0 heterocycles. The van der Waals surface area contributed by atoms with Gasteiger partial charge in [-0.3, -0.25) is 0 Å². The predicted octanol–water partition coefficient (Wildman–Crippen LogP) is 0.790. The summed E-state index contributed by atoms with van der Waals surface area (Å²) in [5.41, 5.74) is 0. The molecule has 0 aliphatic rings. The summed E-state index contributed by atoms with van der Waals surface area (Å²) in [5, 5.41) is 7.76. The van der Waals surface area contributed by atoms with Crippen molar-refractivity contribution in [3.8, 4) is 0 Å². The number of aliphatic hydroxyl groups is 1. The molecular weight excluding hydrogens is 112 g/mol. The first-order valence-corrected chi connectivity index (χ1v) is 1.95. The van der Waals surface area contributed by atoms with Gasteiger partial charge in [0.25, 0.3) is 0 Å². The Bertz CT molecular complexity index is 43.8. The van der Waals surface area contributed by atoms with Crippen molar-refractivity contribution in [2.45, 2.75) is 0 Å². The van der Waals surface area contributed by atoms with Crippen molar-refractivity contribution in [2.24, 2.45) is 0 Å². The minimum absolute atomic E-state index is 0. The molecule has 8 heavy (non-hydrogen) atoms. The third kappa shape index (κ3) is 135. The summed E-state index contributed by atoms with van der Waals surface area (Å²) in [4.78, 5) is 0. The van der Waals surface area contributed by atoms with Crippen molar-refractivity contribution >= 4 is 23.1 Å². The van der Waals surface area contributed by atoms with Crippen molar-refractivity contribution in [1.29, 1.82) is 0 Å². The molecule has 0 aliphatic heterocycles. The maximum absolute atomic E-state index is 7.76. The van der Waals surface area contributed by atoms with Gasteiger partial charge in [0.1, 0.15) is 0 Å². The van der Waals surface area contributed by atoms with Gasteiger partial charge in [0.15, 0.2) is 0 Å². The standard InChI is InChI=1S/C3H6O.C3H5.Mg/c1-2-3-4;1-3-2;/h2,4H,1,3H2;3H,1-2H2;/q;-1;+2. The van der Waals surface area contributed by atoms with Gasteiger partial charge >= 0.3 is 23.1 Å². The fourth-order valence-electron chi connectivity index (χ4n) is 0.